The molecule has 148 valence electrons. The molecule has 1 aromatic heterocycles. The van der Waals surface area contributed by atoms with Gasteiger partial charge in [-0.25, -0.2) is 0 Å². The molecule has 1 atom stereocenters. The van der Waals surface area contributed by atoms with Crippen LogP contribution >= 0.6 is 0 Å². The Bertz CT molecular complexity index is 554. The van der Waals surface area contributed by atoms with Gasteiger partial charge < -0.3 is 9.26 Å². The molecule has 1 aliphatic rings. The molecule has 0 aliphatic heterocycles. The highest BCUT2D eigenvalue weighted by molar-refractivity contribution is 5.70. The summed E-state index contributed by atoms with van der Waals surface area (Å²) in [4.78, 5) is 16.9. The molecular formula is C21H36N2O3. The number of carbonyl (C=O) groups excluding carboxylic acids is 1. The minimum atomic E-state index is -0.471. The lowest BCUT2D eigenvalue weighted by atomic mass is 9.84. The van der Waals surface area contributed by atoms with Gasteiger partial charge in [0.25, 0.3) is 0 Å². The Kier molecular flexibility index (Phi) is 7.66. The van der Waals surface area contributed by atoms with Crippen molar-refractivity contribution < 1.29 is 14.1 Å². The van der Waals surface area contributed by atoms with E-state index in [4.69, 9.17) is 9.26 Å². The summed E-state index contributed by atoms with van der Waals surface area (Å²) in [6, 6.07) is 0. The molecule has 0 radical (unpaired) electrons. The third-order valence-electron chi connectivity index (χ3n) is 5.05. The Balaban J connectivity index is 1.96. The first-order chi connectivity index (χ1) is 12.2. The van der Waals surface area contributed by atoms with Gasteiger partial charge in [-0.1, -0.05) is 63.9 Å². The molecule has 0 amide bonds. The number of esters is 1. The van der Waals surface area contributed by atoms with Gasteiger partial charge in [-0.3, -0.25) is 4.79 Å². The van der Waals surface area contributed by atoms with Gasteiger partial charge in [0.05, 0.1) is 6.42 Å². The molecule has 26 heavy (non-hydrogen) atoms. The fourth-order valence-corrected chi connectivity index (χ4v) is 3.67. The fourth-order valence-electron chi connectivity index (χ4n) is 3.67. The van der Waals surface area contributed by atoms with Crippen molar-refractivity contribution in [1.29, 1.82) is 0 Å². The van der Waals surface area contributed by atoms with Crippen molar-refractivity contribution in [3.63, 3.8) is 0 Å². The lowest BCUT2D eigenvalue weighted by molar-refractivity contribution is -0.155. The summed E-state index contributed by atoms with van der Waals surface area (Å²) >= 11 is 0. The lowest BCUT2D eigenvalue weighted by Crippen LogP contribution is -2.25. The molecule has 2 rings (SSSR count). The Hall–Kier alpha value is -1.39. The zero-order chi connectivity index (χ0) is 19.2. The van der Waals surface area contributed by atoms with Crippen LogP contribution < -0.4 is 0 Å². The summed E-state index contributed by atoms with van der Waals surface area (Å²) in [5, 5.41) is 4.08. The summed E-state index contributed by atoms with van der Waals surface area (Å²) in [5.74, 6) is 2.12. The third kappa shape index (κ3) is 7.08. The molecule has 1 fully saturated rings. The van der Waals surface area contributed by atoms with Crippen LogP contribution in [0.5, 0.6) is 0 Å². The van der Waals surface area contributed by atoms with Crippen LogP contribution in [0.1, 0.15) is 116 Å². The SMILES string of the molecule is CC(C)c1noc([C@H](CCCC2CCCCC2)CC(=O)OC(C)(C)C)n1. The van der Waals surface area contributed by atoms with Crippen molar-refractivity contribution >= 4 is 5.97 Å². The standard InChI is InChI=1S/C21H36N2O3/c1-15(2)19-22-20(26-23-19)17(14-18(24)25-21(3,4)5)13-9-12-16-10-7-6-8-11-16/h15-17H,6-14H2,1-5H3/t17-/m1/s1. The second-order valence-corrected chi connectivity index (χ2v) is 9.07. The third-order valence-corrected chi connectivity index (χ3v) is 5.05. The van der Waals surface area contributed by atoms with Crippen molar-refractivity contribution in [1.82, 2.24) is 10.1 Å². The molecule has 0 aromatic carbocycles. The topological polar surface area (TPSA) is 65.2 Å². The summed E-state index contributed by atoms with van der Waals surface area (Å²) in [7, 11) is 0. The lowest BCUT2D eigenvalue weighted by Gasteiger charge is -2.23. The first-order valence-corrected chi connectivity index (χ1v) is 10.3. The van der Waals surface area contributed by atoms with Crippen molar-refractivity contribution in [2.75, 3.05) is 0 Å². The van der Waals surface area contributed by atoms with Crippen LogP contribution in [0.25, 0.3) is 0 Å². The Morgan fingerprint density at radius 2 is 1.92 bits per heavy atom. The fraction of sp³-hybridized carbons (Fsp3) is 0.857. The second kappa shape index (κ2) is 9.52. The van der Waals surface area contributed by atoms with Gasteiger partial charge >= 0.3 is 5.97 Å². The number of carbonyl (C=O) groups is 1. The zero-order valence-corrected chi connectivity index (χ0v) is 17.2. The van der Waals surface area contributed by atoms with Gasteiger partial charge in [-0.2, -0.15) is 4.98 Å². The van der Waals surface area contributed by atoms with E-state index >= 15 is 0 Å². The molecule has 0 N–H and O–H groups in total. The van der Waals surface area contributed by atoms with Crippen molar-refractivity contribution in [2.24, 2.45) is 5.92 Å². The largest absolute Gasteiger partial charge is 0.460 e. The van der Waals surface area contributed by atoms with E-state index in [9.17, 15) is 4.79 Å². The molecular weight excluding hydrogens is 328 g/mol. The first kappa shape index (κ1) is 20.9. The molecule has 0 bridgehead atoms. The minimum absolute atomic E-state index is 0.0477. The molecule has 0 saturated heterocycles. The molecule has 1 saturated carbocycles. The van der Waals surface area contributed by atoms with Crippen LogP contribution in [0.4, 0.5) is 0 Å². The number of nitrogens with zero attached hydrogens (tertiary/aromatic N) is 2. The summed E-state index contributed by atoms with van der Waals surface area (Å²) in [6.07, 6.45) is 10.4. The second-order valence-electron chi connectivity index (χ2n) is 9.07. The van der Waals surface area contributed by atoms with Crippen LogP contribution in [0.15, 0.2) is 4.52 Å². The smallest absolute Gasteiger partial charge is 0.307 e. The highest BCUT2D eigenvalue weighted by Gasteiger charge is 2.26. The number of aromatic nitrogens is 2. The average Bonchev–Trinajstić information content (AvgIpc) is 3.03. The van der Waals surface area contributed by atoms with E-state index in [1.165, 1.54) is 38.5 Å². The summed E-state index contributed by atoms with van der Waals surface area (Å²) in [5.41, 5.74) is -0.471. The molecule has 5 nitrogen and oxygen atoms in total. The van der Waals surface area contributed by atoms with E-state index in [-0.39, 0.29) is 17.8 Å². The normalized spacial score (nSPS) is 17.5. The van der Waals surface area contributed by atoms with E-state index in [1.54, 1.807) is 0 Å². The first-order valence-electron chi connectivity index (χ1n) is 10.3. The van der Waals surface area contributed by atoms with Gasteiger partial charge in [0.2, 0.25) is 5.89 Å². The predicted molar refractivity (Wildman–Crippen MR) is 102 cm³/mol. The van der Waals surface area contributed by atoms with Crippen LogP contribution in [-0.4, -0.2) is 21.7 Å². The van der Waals surface area contributed by atoms with Gasteiger partial charge in [0, 0.05) is 11.8 Å². The molecule has 5 heteroatoms. The van der Waals surface area contributed by atoms with Crippen molar-refractivity contribution in [2.45, 2.75) is 110 Å². The maximum Gasteiger partial charge on any atom is 0.307 e. The molecule has 1 heterocycles. The maximum atomic E-state index is 12.3. The predicted octanol–water partition coefficient (Wildman–Crippen LogP) is 5.76. The van der Waals surface area contributed by atoms with Crippen LogP contribution in [0, 0.1) is 5.92 Å². The number of rotatable bonds is 8. The quantitative estimate of drug-likeness (QED) is 0.549. The Morgan fingerprint density at radius 1 is 1.23 bits per heavy atom. The number of hydrogen-bond donors (Lipinski definition) is 0. The average molecular weight is 365 g/mol. The molecule has 1 aliphatic carbocycles. The van der Waals surface area contributed by atoms with Crippen LogP contribution in [0.3, 0.4) is 0 Å². The molecule has 0 spiro atoms. The van der Waals surface area contributed by atoms with E-state index in [1.807, 2.05) is 34.6 Å². The molecule has 1 aromatic rings. The number of hydrogen-bond acceptors (Lipinski definition) is 5. The van der Waals surface area contributed by atoms with Gasteiger partial charge in [-0.05, 0) is 33.1 Å². The Labute approximate surface area is 158 Å². The van der Waals surface area contributed by atoms with Crippen molar-refractivity contribution in [3.8, 4) is 0 Å². The maximum absolute atomic E-state index is 12.3. The van der Waals surface area contributed by atoms with E-state index < -0.39 is 5.60 Å². The van der Waals surface area contributed by atoms with E-state index in [0.29, 0.717) is 18.1 Å². The highest BCUT2D eigenvalue weighted by Crippen LogP contribution is 2.31. The van der Waals surface area contributed by atoms with Gasteiger partial charge in [0.15, 0.2) is 5.82 Å². The monoisotopic (exact) mass is 364 g/mol. The van der Waals surface area contributed by atoms with E-state index in [0.717, 1.165) is 18.8 Å². The summed E-state index contributed by atoms with van der Waals surface area (Å²) in [6.45, 7) is 9.77. The number of ether oxygens (including phenoxy) is 1. The van der Waals surface area contributed by atoms with Crippen LogP contribution in [0.2, 0.25) is 0 Å². The summed E-state index contributed by atoms with van der Waals surface area (Å²) < 4.78 is 11.0. The molecule has 0 unspecified atom stereocenters. The van der Waals surface area contributed by atoms with Gasteiger partial charge in [-0.15, -0.1) is 0 Å². The Morgan fingerprint density at radius 3 is 2.50 bits per heavy atom. The highest BCUT2D eigenvalue weighted by atomic mass is 16.6. The van der Waals surface area contributed by atoms with Gasteiger partial charge in [0.1, 0.15) is 5.60 Å². The van der Waals surface area contributed by atoms with Crippen molar-refractivity contribution in [3.05, 3.63) is 11.7 Å². The van der Waals surface area contributed by atoms with Crippen LogP contribution in [-0.2, 0) is 9.53 Å². The zero-order valence-electron chi connectivity index (χ0n) is 17.2. The van der Waals surface area contributed by atoms with E-state index in [2.05, 4.69) is 10.1 Å². The minimum Gasteiger partial charge on any atom is -0.460 e.